The van der Waals surface area contributed by atoms with Crippen LogP contribution in [0.1, 0.15) is 18.4 Å². The van der Waals surface area contributed by atoms with Crippen molar-refractivity contribution < 1.29 is 37.0 Å². The van der Waals surface area contributed by atoms with E-state index in [9.17, 15) is 18.0 Å². The number of nitrogens with zero attached hydrogens (tertiary/aromatic N) is 1. The molecule has 0 radical (unpaired) electrons. The van der Waals surface area contributed by atoms with Gasteiger partial charge in [-0.1, -0.05) is 17.7 Å². The molecule has 1 atom stereocenters. The number of carbonyl (C=O) groups excluding carboxylic acids is 2. The van der Waals surface area contributed by atoms with E-state index in [2.05, 4.69) is 5.32 Å². The van der Waals surface area contributed by atoms with Gasteiger partial charge in [0.05, 0.1) is 26.2 Å². The number of ether oxygens (including phenoxy) is 4. The van der Waals surface area contributed by atoms with E-state index in [-0.39, 0.29) is 11.4 Å². The molecule has 1 heterocycles. The Morgan fingerprint density at radius 3 is 2.21 bits per heavy atom. The maximum Gasteiger partial charge on any atom is 0.324 e. The molecule has 0 unspecified atom stereocenters. The summed E-state index contributed by atoms with van der Waals surface area (Å²) in [4.78, 5) is 25.2. The number of anilines is 1. The van der Waals surface area contributed by atoms with Crippen LogP contribution in [0.25, 0.3) is 0 Å². The number of hydrogen-bond donors (Lipinski definition) is 1. The number of benzene rings is 2. The second-order valence-corrected chi connectivity index (χ2v) is 9.55. The Balaban J connectivity index is 1.65. The van der Waals surface area contributed by atoms with E-state index in [1.165, 1.54) is 45.6 Å². The van der Waals surface area contributed by atoms with Crippen molar-refractivity contribution in [2.45, 2.75) is 30.7 Å². The molecule has 34 heavy (non-hydrogen) atoms. The molecule has 1 amide bonds. The molecule has 0 bridgehead atoms. The molecule has 0 aliphatic carbocycles. The number of hydrogen-bond acceptors (Lipinski definition) is 8. The molecule has 184 valence electrons. The Morgan fingerprint density at radius 1 is 1.03 bits per heavy atom. The van der Waals surface area contributed by atoms with Crippen LogP contribution in [-0.4, -0.2) is 65.1 Å². The van der Waals surface area contributed by atoms with Crippen LogP contribution in [0.2, 0.25) is 0 Å². The number of esters is 1. The second kappa shape index (κ2) is 10.7. The molecule has 1 fully saturated rings. The zero-order chi connectivity index (χ0) is 24.9. The zero-order valence-corrected chi connectivity index (χ0v) is 20.3. The van der Waals surface area contributed by atoms with Crippen molar-refractivity contribution in [3.05, 3.63) is 42.0 Å². The van der Waals surface area contributed by atoms with Gasteiger partial charge in [0.25, 0.3) is 5.91 Å². The molecule has 10 nitrogen and oxygen atoms in total. The standard InChI is InChI=1S/C23H28N2O8S/c1-15-7-9-17(10-8-15)34(28,29)25-11-5-6-18(25)23(27)33-14-21(26)24-16-12-19(30-2)22(32-4)20(13-16)31-3/h7-10,12-13,18H,5-6,11,14H2,1-4H3,(H,24,26)/t18-/m0/s1. The van der Waals surface area contributed by atoms with Crippen LogP contribution in [0, 0.1) is 6.92 Å². The molecule has 1 N–H and O–H groups in total. The largest absolute Gasteiger partial charge is 0.493 e. The van der Waals surface area contributed by atoms with Crippen molar-refractivity contribution in [3.8, 4) is 17.2 Å². The summed E-state index contributed by atoms with van der Waals surface area (Å²) in [6.45, 7) is 1.48. The molecule has 1 saturated heterocycles. The van der Waals surface area contributed by atoms with Gasteiger partial charge in [-0.2, -0.15) is 4.31 Å². The number of aryl methyl sites for hydroxylation is 1. The van der Waals surface area contributed by atoms with Gasteiger partial charge in [0.2, 0.25) is 15.8 Å². The van der Waals surface area contributed by atoms with Crippen molar-refractivity contribution in [2.75, 3.05) is 39.8 Å². The van der Waals surface area contributed by atoms with Crippen LogP contribution >= 0.6 is 0 Å². The van der Waals surface area contributed by atoms with Crippen LogP contribution in [0.15, 0.2) is 41.3 Å². The van der Waals surface area contributed by atoms with E-state index >= 15 is 0 Å². The summed E-state index contributed by atoms with van der Waals surface area (Å²) >= 11 is 0. The van der Waals surface area contributed by atoms with Crippen molar-refractivity contribution in [2.24, 2.45) is 0 Å². The van der Waals surface area contributed by atoms with Crippen molar-refractivity contribution in [1.82, 2.24) is 4.31 Å². The van der Waals surface area contributed by atoms with Gasteiger partial charge in [0.1, 0.15) is 6.04 Å². The minimum atomic E-state index is -3.87. The average Bonchev–Trinajstić information content (AvgIpc) is 3.33. The lowest BCUT2D eigenvalue weighted by atomic mass is 10.2. The highest BCUT2D eigenvalue weighted by atomic mass is 32.2. The van der Waals surface area contributed by atoms with Crippen molar-refractivity contribution in [1.29, 1.82) is 0 Å². The van der Waals surface area contributed by atoms with Gasteiger partial charge in [-0.25, -0.2) is 8.42 Å². The molecule has 2 aromatic carbocycles. The first kappa shape index (κ1) is 25.3. The Kier molecular flexibility index (Phi) is 8.00. The molecular weight excluding hydrogens is 464 g/mol. The number of rotatable bonds is 9. The van der Waals surface area contributed by atoms with E-state index in [1.54, 1.807) is 12.1 Å². The fourth-order valence-corrected chi connectivity index (χ4v) is 5.34. The number of methoxy groups -OCH3 is 3. The molecule has 0 saturated carbocycles. The van der Waals surface area contributed by atoms with Gasteiger partial charge in [-0.15, -0.1) is 0 Å². The fourth-order valence-electron chi connectivity index (χ4n) is 3.69. The van der Waals surface area contributed by atoms with Crippen LogP contribution in [0.5, 0.6) is 17.2 Å². The van der Waals surface area contributed by atoms with Gasteiger partial charge in [0, 0.05) is 24.4 Å². The smallest absolute Gasteiger partial charge is 0.324 e. The van der Waals surface area contributed by atoms with Crippen LogP contribution in [0.3, 0.4) is 0 Å². The number of nitrogens with one attached hydrogen (secondary N) is 1. The summed E-state index contributed by atoms with van der Waals surface area (Å²) in [5.41, 5.74) is 1.27. The lowest BCUT2D eigenvalue weighted by molar-refractivity contribution is -0.150. The summed E-state index contributed by atoms with van der Waals surface area (Å²) in [5.74, 6) is -0.318. The average molecular weight is 493 g/mol. The number of sulfonamides is 1. The first-order chi connectivity index (χ1) is 16.2. The number of carbonyl (C=O) groups is 2. The minimum absolute atomic E-state index is 0.109. The van der Waals surface area contributed by atoms with E-state index in [0.717, 1.165) is 9.87 Å². The van der Waals surface area contributed by atoms with Crippen LogP contribution in [0.4, 0.5) is 5.69 Å². The van der Waals surface area contributed by atoms with Gasteiger partial charge < -0.3 is 24.3 Å². The quantitative estimate of drug-likeness (QED) is 0.530. The Morgan fingerprint density at radius 2 is 1.65 bits per heavy atom. The van der Waals surface area contributed by atoms with Crippen molar-refractivity contribution >= 4 is 27.6 Å². The third-order valence-corrected chi connectivity index (χ3v) is 7.32. The van der Waals surface area contributed by atoms with Gasteiger partial charge >= 0.3 is 5.97 Å². The Labute approximate surface area is 198 Å². The van der Waals surface area contributed by atoms with Gasteiger partial charge in [-0.05, 0) is 31.9 Å². The van der Waals surface area contributed by atoms with E-state index in [1.807, 2.05) is 6.92 Å². The molecule has 2 aromatic rings. The lowest BCUT2D eigenvalue weighted by Gasteiger charge is -2.22. The first-order valence-electron chi connectivity index (χ1n) is 10.6. The molecule has 3 rings (SSSR count). The third-order valence-electron chi connectivity index (χ3n) is 5.40. The predicted molar refractivity (Wildman–Crippen MR) is 124 cm³/mol. The summed E-state index contributed by atoms with van der Waals surface area (Å²) < 4.78 is 48.1. The van der Waals surface area contributed by atoms with Crippen LogP contribution in [-0.2, 0) is 24.3 Å². The fraction of sp³-hybridized carbons (Fsp3) is 0.391. The van der Waals surface area contributed by atoms with Crippen LogP contribution < -0.4 is 19.5 Å². The lowest BCUT2D eigenvalue weighted by Crippen LogP contribution is -2.42. The topological polar surface area (TPSA) is 120 Å². The maximum absolute atomic E-state index is 13.0. The van der Waals surface area contributed by atoms with E-state index < -0.39 is 34.5 Å². The predicted octanol–water partition coefficient (Wildman–Crippen LogP) is 2.36. The second-order valence-electron chi connectivity index (χ2n) is 7.66. The molecule has 1 aliphatic rings. The van der Waals surface area contributed by atoms with E-state index in [4.69, 9.17) is 18.9 Å². The summed E-state index contributed by atoms with van der Waals surface area (Å²) in [5, 5.41) is 2.60. The normalized spacial score (nSPS) is 16.1. The molecule has 11 heteroatoms. The van der Waals surface area contributed by atoms with Gasteiger partial charge in [-0.3, -0.25) is 9.59 Å². The van der Waals surface area contributed by atoms with Gasteiger partial charge in [0.15, 0.2) is 18.1 Å². The monoisotopic (exact) mass is 492 g/mol. The highest BCUT2D eigenvalue weighted by Crippen LogP contribution is 2.39. The summed E-state index contributed by atoms with van der Waals surface area (Å²) in [6, 6.07) is 8.50. The summed E-state index contributed by atoms with van der Waals surface area (Å²) in [6.07, 6.45) is 0.834. The number of amides is 1. The highest BCUT2D eigenvalue weighted by molar-refractivity contribution is 7.89. The molecule has 0 spiro atoms. The maximum atomic E-state index is 13.0. The molecule has 1 aliphatic heterocycles. The minimum Gasteiger partial charge on any atom is -0.493 e. The Bertz CT molecular complexity index is 1120. The van der Waals surface area contributed by atoms with Crippen molar-refractivity contribution in [3.63, 3.8) is 0 Å². The third kappa shape index (κ3) is 5.42. The summed E-state index contributed by atoms with van der Waals surface area (Å²) in [7, 11) is 0.489. The molecule has 0 aromatic heterocycles. The Hall–Kier alpha value is -3.31. The highest BCUT2D eigenvalue weighted by Gasteiger charge is 2.40. The SMILES string of the molecule is COc1cc(NC(=O)COC(=O)[C@@H]2CCCN2S(=O)(=O)c2ccc(C)cc2)cc(OC)c1OC. The molecular formula is C23H28N2O8S. The van der Waals surface area contributed by atoms with E-state index in [0.29, 0.717) is 35.8 Å². The zero-order valence-electron chi connectivity index (χ0n) is 19.5. The first-order valence-corrected chi connectivity index (χ1v) is 12.0.